The molecule has 0 bridgehead atoms. The lowest BCUT2D eigenvalue weighted by Crippen LogP contribution is -2.23. The molecule has 156 valence electrons. The van der Waals surface area contributed by atoms with Crippen LogP contribution in [0.15, 0.2) is 30.3 Å². The van der Waals surface area contributed by atoms with E-state index in [0.29, 0.717) is 24.5 Å². The fourth-order valence-electron chi connectivity index (χ4n) is 4.01. The van der Waals surface area contributed by atoms with Crippen LogP contribution in [0.1, 0.15) is 48.1 Å². The zero-order valence-corrected chi connectivity index (χ0v) is 18.6. The minimum atomic E-state index is -0.714. The number of hydrogen-bond donors (Lipinski definition) is 2. The number of nitrogens with one attached hydrogen (secondary N) is 1. The number of hydrogen-bond acceptors (Lipinski definition) is 3. The number of carboxylic acid groups (broad SMARTS) is 1. The normalized spacial score (nSPS) is 18.0. The summed E-state index contributed by atoms with van der Waals surface area (Å²) < 4.78 is 0. The average Bonchev–Trinajstić information content (AvgIpc) is 3.15. The summed E-state index contributed by atoms with van der Waals surface area (Å²) >= 11 is 12.8. The maximum Gasteiger partial charge on any atom is 0.307 e. The van der Waals surface area contributed by atoms with Gasteiger partial charge in [-0.1, -0.05) is 42.3 Å². The summed E-state index contributed by atoms with van der Waals surface area (Å²) in [5, 5.41) is 14.4. The molecule has 1 heterocycles. The molecule has 2 atom stereocenters. The lowest BCUT2D eigenvalue weighted by atomic mass is 9.99. The van der Waals surface area contributed by atoms with Crippen LogP contribution in [0, 0.1) is 19.8 Å². The molecule has 3 rings (SSSR count). The summed E-state index contributed by atoms with van der Waals surface area (Å²) in [4.78, 5) is 13.4. The Kier molecular flexibility index (Phi) is 7.10. The van der Waals surface area contributed by atoms with E-state index in [2.05, 4.69) is 35.3 Å². The second-order valence-electron chi connectivity index (χ2n) is 7.94. The van der Waals surface area contributed by atoms with Gasteiger partial charge >= 0.3 is 5.97 Å². The molecule has 2 aromatic carbocycles. The molecule has 0 saturated carbocycles. The van der Waals surface area contributed by atoms with Crippen molar-refractivity contribution in [1.29, 1.82) is 0 Å². The van der Waals surface area contributed by atoms with Crippen molar-refractivity contribution in [2.24, 2.45) is 5.92 Å². The Bertz CT molecular complexity index is 877. The van der Waals surface area contributed by atoms with Gasteiger partial charge in [0.15, 0.2) is 0 Å². The third kappa shape index (κ3) is 5.25. The summed E-state index contributed by atoms with van der Waals surface area (Å²) in [7, 11) is 0. The van der Waals surface area contributed by atoms with E-state index >= 15 is 0 Å². The van der Waals surface area contributed by atoms with Crippen LogP contribution in [0.5, 0.6) is 0 Å². The number of aliphatic carboxylic acids is 1. The van der Waals surface area contributed by atoms with E-state index in [-0.39, 0.29) is 12.0 Å². The molecule has 0 aliphatic carbocycles. The van der Waals surface area contributed by atoms with E-state index in [1.807, 2.05) is 26.0 Å². The molecule has 1 aliphatic heterocycles. The standard InChI is InChI=1S/C23H28Cl2N2O2/c1-4-21(17-9-14(2)22(25)15(3)10-17)26-19-5-6-20(24)18(11-19)13-27-8-7-16(12-27)23(28)29/h5-6,9-11,16,21,26H,4,7-8,12-13H2,1-3H3,(H,28,29). The van der Waals surface area contributed by atoms with Gasteiger partial charge in [-0.05, 0) is 73.7 Å². The summed E-state index contributed by atoms with van der Waals surface area (Å²) in [6.07, 6.45) is 1.63. The van der Waals surface area contributed by atoms with Gasteiger partial charge in [0, 0.05) is 28.8 Å². The SMILES string of the molecule is CCC(Nc1ccc(Cl)c(CN2CCC(C(=O)O)C2)c1)c1cc(C)c(Cl)c(C)c1. The van der Waals surface area contributed by atoms with Crippen LogP contribution in [0.4, 0.5) is 5.69 Å². The molecule has 0 spiro atoms. The number of anilines is 1. The second kappa shape index (κ2) is 9.38. The van der Waals surface area contributed by atoms with Gasteiger partial charge in [0.1, 0.15) is 0 Å². The number of nitrogens with zero attached hydrogens (tertiary/aromatic N) is 1. The van der Waals surface area contributed by atoms with Crippen LogP contribution in [0.3, 0.4) is 0 Å². The number of halogens is 2. The molecule has 0 amide bonds. The van der Waals surface area contributed by atoms with Gasteiger partial charge in [-0.25, -0.2) is 0 Å². The predicted molar refractivity (Wildman–Crippen MR) is 120 cm³/mol. The Labute approximate surface area is 182 Å². The number of rotatable bonds is 7. The second-order valence-corrected chi connectivity index (χ2v) is 8.72. The molecule has 2 aromatic rings. The highest BCUT2D eigenvalue weighted by Crippen LogP contribution is 2.31. The third-order valence-electron chi connectivity index (χ3n) is 5.67. The van der Waals surface area contributed by atoms with E-state index in [0.717, 1.165) is 40.4 Å². The van der Waals surface area contributed by atoms with Crippen molar-refractivity contribution < 1.29 is 9.90 Å². The first-order valence-corrected chi connectivity index (χ1v) is 10.8. The van der Waals surface area contributed by atoms with E-state index in [1.165, 1.54) is 5.56 Å². The van der Waals surface area contributed by atoms with Gasteiger partial charge in [-0.15, -0.1) is 0 Å². The highest BCUT2D eigenvalue weighted by atomic mass is 35.5. The van der Waals surface area contributed by atoms with Crippen molar-refractivity contribution >= 4 is 34.9 Å². The maximum atomic E-state index is 11.2. The van der Waals surface area contributed by atoms with Gasteiger partial charge in [-0.3, -0.25) is 9.69 Å². The number of carboxylic acids is 1. The summed E-state index contributed by atoms with van der Waals surface area (Å²) in [6, 6.07) is 10.4. The fraction of sp³-hybridized carbons (Fsp3) is 0.435. The number of aryl methyl sites for hydroxylation is 2. The Morgan fingerprint density at radius 1 is 1.24 bits per heavy atom. The molecule has 6 heteroatoms. The van der Waals surface area contributed by atoms with Gasteiger partial charge in [0.25, 0.3) is 0 Å². The molecule has 1 aliphatic rings. The van der Waals surface area contributed by atoms with Crippen molar-refractivity contribution in [3.63, 3.8) is 0 Å². The summed E-state index contributed by atoms with van der Waals surface area (Å²) in [6.45, 7) is 8.24. The molecular formula is C23H28Cl2N2O2. The molecular weight excluding hydrogens is 407 g/mol. The first kappa shape index (κ1) is 21.9. The Hall–Kier alpha value is -1.75. The Morgan fingerprint density at radius 3 is 2.52 bits per heavy atom. The minimum Gasteiger partial charge on any atom is -0.481 e. The molecule has 1 fully saturated rings. The van der Waals surface area contributed by atoms with E-state index in [1.54, 1.807) is 0 Å². The topological polar surface area (TPSA) is 52.6 Å². The fourth-order valence-corrected chi connectivity index (χ4v) is 4.29. The lowest BCUT2D eigenvalue weighted by Gasteiger charge is -2.22. The zero-order valence-electron chi connectivity index (χ0n) is 17.1. The molecule has 4 nitrogen and oxygen atoms in total. The summed E-state index contributed by atoms with van der Waals surface area (Å²) in [5.74, 6) is -0.996. The molecule has 0 aromatic heterocycles. The van der Waals surface area contributed by atoms with Crippen LogP contribution >= 0.6 is 23.2 Å². The molecule has 1 saturated heterocycles. The first-order chi connectivity index (χ1) is 13.8. The summed E-state index contributed by atoms with van der Waals surface area (Å²) in [5.41, 5.74) is 5.41. The highest BCUT2D eigenvalue weighted by molar-refractivity contribution is 6.32. The predicted octanol–water partition coefficient (Wildman–Crippen LogP) is 6.08. The van der Waals surface area contributed by atoms with Gasteiger partial charge < -0.3 is 10.4 Å². The van der Waals surface area contributed by atoms with Crippen LogP contribution in [-0.4, -0.2) is 29.1 Å². The number of carbonyl (C=O) groups is 1. The van der Waals surface area contributed by atoms with Gasteiger partial charge in [0.2, 0.25) is 0 Å². The molecule has 0 radical (unpaired) electrons. The number of benzene rings is 2. The quantitative estimate of drug-likeness (QED) is 0.554. The number of likely N-dealkylation sites (tertiary alicyclic amines) is 1. The Balaban J connectivity index is 1.75. The van der Waals surface area contributed by atoms with Gasteiger partial charge in [0.05, 0.1) is 12.0 Å². The molecule has 2 N–H and O–H groups in total. The van der Waals surface area contributed by atoms with E-state index in [9.17, 15) is 9.90 Å². The van der Waals surface area contributed by atoms with Crippen LogP contribution in [0.25, 0.3) is 0 Å². The minimum absolute atomic E-state index is 0.168. The van der Waals surface area contributed by atoms with Crippen LogP contribution in [-0.2, 0) is 11.3 Å². The zero-order chi connectivity index (χ0) is 21.1. The van der Waals surface area contributed by atoms with Crippen LogP contribution < -0.4 is 5.32 Å². The first-order valence-electron chi connectivity index (χ1n) is 10.0. The monoisotopic (exact) mass is 434 g/mol. The molecule has 29 heavy (non-hydrogen) atoms. The van der Waals surface area contributed by atoms with Crippen molar-refractivity contribution in [3.8, 4) is 0 Å². The molecule has 2 unspecified atom stereocenters. The van der Waals surface area contributed by atoms with E-state index < -0.39 is 5.97 Å². The third-order valence-corrected chi connectivity index (χ3v) is 6.64. The van der Waals surface area contributed by atoms with Crippen molar-refractivity contribution in [2.45, 2.75) is 46.2 Å². The smallest absolute Gasteiger partial charge is 0.307 e. The Morgan fingerprint density at radius 2 is 1.93 bits per heavy atom. The van der Waals surface area contributed by atoms with Crippen molar-refractivity contribution in [1.82, 2.24) is 4.90 Å². The average molecular weight is 435 g/mol. The maximum absolute atomic E-state index is 11.2. The lowest BCUT2D eigenvalue weighted by molar-refractivity contribution is -0.141. The largest absolute Gasteiger partial charge is 0.481 e. The highest BCUT2D eigenvalue weighted by Gasteiger charge is 2.28. The van der Waals surface area contributed by atoms with E-state index in [4.69, 9.17) is 23.2 Å². The van der Waals surface area contributed by atoms with Gasteiger partial charge in [-0.2, -0.15) is 0 Å². The van der Waals surface area contributed by atoms with Crippen molar-refractivity contribution in [3.05, 3.63) is 62.6 Å². The van der Waals surface area contributed by atoms with Crippen molar-refractivity contribution in [2.75, 3.05) is 18.4 Å². The van der Waals surface area contributed by atoms with Crippen LogP contribution in [0.2, 0.25) is 10.0 Å².